The fraction of sp³-hybridized carbons (Fsp3) is 0.371. The van der Waals surface area contributed by atoms with Gasteiger partial charge in [0, 0.05) is 106 Å². The number of allylic oxidation sites excluding steroid dienone is 4. The number of carbonyl (C=O) groups is 1. The number of nitrogens with two attached hydrogens (primary N) is 1. The van der Waals surface area contributed by atoms with Crippen molar-refractivity contribution in [3.8, 4) is 45.6 Å². The van der Waals surface area contributed by atoms with Crippen LogP contribution < -0.4 is 43.0 Å². The molecule has 4 saturated carbocycles. The summed E-state index contributed by atoms with van der Waals surface area (Å²) < 4.78 is 62.9. The molecule has 9 N–H and O–H groups in total. The third-order valence-corrected chi connectivity index (χ3v) is 31.5. The van der Waals surface area contributed by atoms with Crippen LogP contribution in [0.3, 0.4) is 0 Å². The van der Waals surface area contributed by atoms with Gasteiger partial charge in [-0.2, -0.15) is 58.4 Å². The minimum Gasteiger partial charge on any atom is -0.351 e. The van der Waals surface area contributed by atoms with Crippen LogP contribution in [0.4, 0.5) is 41.4 Å². The Morgan fingerprint density at radius 1 is 0.336 bits per heavy atom. The normalized spacial score (nSPS) is 19.3. The minimum atomic E-state index is -0.475. The Labute approximate surface area is 860 Å². The number of aromatic nitrogens is 20. The Morgan fingerprint density at radius 2 is 0.597 bits per heavy atom. The van der Waals surface area contributed by atoms with E-state index in [2.05, 4.69) is 190 Å². The summed E-state index contributed by atoms with van der Waals surface area (Å²) in [6.45, 7) is 11.8. The van der Waals surface area contributed by atoms with Gasteiger partial charge < -0.3 is 43.0 Å². The molecule has 4 aromatic carbocycles. The Hall–Kier alpha value is -14.9. The smallest absolute Gasteiger partial charge is 0.228 e. The van der Waals surface area contributed by atoms with Gasteiger partial charge in [-0.3, -0.25) is 24.7 Å². The molecule has 758 valence electrons. The number of ketones is 1. The lowest BCUT2D eigenvalue weighted by Gasteiger charge is -2.26. The first-order valence-corrected chi connectivity index (χ1v) is 53.0. The fourth-order valence-electron chi connectivity index (χ4n) is 22.4. The number of halogens is 4. The number of anilines is 4. The number of benzene rings is 4. The second-order valence-electron chi connectivity index (χ2n) is 42.3. The Morgan fingerprint density at radius 3 is 0.852 bits per heavy atom. The number of fused-ring (bicyclic) bond motifs is 12. The molecule has 12 aliphatic carbocycles. The lowest BCUT2D eigenvalue weighted by molar-refractivity contribution is 0.101. The molecule has 0 radical (unpaired) electrons. The van der Waals surface area contributed by atoms with Gasteiger partial charge in [-0.25, -0.2) is 37.5 Å². The van der Waals surface area contributed by atoms with Crippen molar-refractivity contribution in [2.24, 2.45) is 29.4 Å². The van der Waals surface area contributed by atoms with Gasteiger partial charge >= 0.3 is 0 Å². The molecule has 28 rings (SSSR count). The standard InChI is InChI=1S/3C29H30FN7.C25H21FN6O.C4H9N/c3*1-17(32-13-18-6-7-18)26-16-33-37-28(26)35-27(21-11-22(30)15-31-14-21)36-29(37)34-23-9-8-20-10-19-4-2-3-5-24(19)25(20)12-23;1-14(33)22-13-28-32-24(22)30-23(17-9-18(26)12-27-11-17)31-25(32)29-19-7-6-16-8-15-4-2-3-5-20(15)21(16)10-19;5-3-4-1-2-4/h3*2-5,11,14-18,23,32H,6-10,12-13H2,1H3,(H,34,35,36);2-5,9,11-13,19H,6-8,10H2,1H3,(H,29,30,31);4H,1-3,5H2/t17?,23-;17-,23+;17-,23-;19-;/m1011./s1. The molecule has 0 aliphatic heterocycles. The third kappa shape index (κ3) is 21.0. The quantitative estimate of drug-likeness (QED) is 0.0184. The second-order valence-corrected chi connectivity index (χ2v) is 42.3. The molecule has 7 atom stereocenters. The van der Waals surface area contributed by atoms with Crippen molar-refractivity contribution < 1.29 is 22.4 Å². The van der Waals surface area contributed by atoms with E-state index in [0.717, 1.165) is 192 Å². The van der Waals surface area contributed by atoms with Gasteiger partial charge in [-0.1, -0.05) is 119 Å². The first kappa shape index (κ1) is 96.2. The molecule has 12 heterocycles. The molecule has 4 fully saturated rings. The molecular weight excluding hydrogens is 1880 g/mol. The minimum absolute atomic E-state index is 0.0942. The summed E-state index contributed by atoms with van der Waals surface area (Å²) in [6, 6.07) is 41.5. The molecule has 149 heavy (non-hydrogen) atoms. The predicted octanol–water partition coefficient (Wildman–Crippen LogP) is 20.9. The SMILES string of the molecule is CC(=O)c1cnn2c(N[C@@H]3CCC4=C(C3)c3ccccc3C4)nc(-c3cncc(F)c3)nc12.CC(NCC1CC1)c1cnn2c(N[C@@H]3CCC4=C(C3)c3ccccc3C4)nc(-c3cncc(F)c3)nc12.C[C@@H](NCC1CC1)c1cnn2c(N[C@@H]3CCC4=C(C3)c3ccccc3C4)nc(-c3cncc(F)c3)nc12.C[C@H](NCC1CC1)c1cnn2c(N[C@@H]3CCC4=C(C3)c3ccccc3C4)nc(-c3cncc(F)c3)nc12.NCC1CC1. The molecule has 0 spiro atoms. The highest BCUT2D eigenvalue weighted by Crippen LogP contribution is 2.48. The highest BCUT2D eigenvalue weighted by atomic mass is 19.1. The van der Waals surface area contributed by atoms with E-state index in [1.54, 1.807) is 53.4 Å². The average molecular weight is 2000 g/mol. The van der Waals surface area contributed by atoms with Crippen LogP contribution in [-0.4, -0.2) is 154 Å². The van der Waals surface area contributed by atoms with Crippen LogP contribution in [0.1, 0.15) is 246 Å². The van der Waals surface area contributed by atoms with E-state index in [9.17, 15) is 22.4 Å². The summed E-state index contributed by atoms with van der Waals surface area (Å²) in [5.74, 6) is 5.39. The average Bonchev–Trinajstić information content (AvgIpc) is 1.63. The van der Waals surface area contributed by atoms with Gasteiger partial charge in [0.05, 0.1) is 55.1 Å². The maximum atomic E-state index is 14.0. The van der Waals surface area contributed by atoms with Crippen LogP contribution >= 0.6 is 0 Å². The van der Waals surface area contributed by atoms with Gasteiger partial charge in [0.2, 0.25) is 23.8 Å². The van der Waals surface area contributed by atoms with Crippen molar-refractivity contribution in [1.29, 1.82) is 0 Å². The number of nitrogens with zero attached hydrogens (tertiary/aromatic N) is 20. The maximum Gasteiger partial charge on any atom is 0.228 e. The second kappa shape index (κ2) is 41.6. The van der Waals surface area contributed by atoms with E-state index in [1.807, 2.05) is 18.6 Å². The van der Waals surface area contributed by atoms with Crippen LogP contribution in [0.5, 0.6) is 0 Å². The van der Waals surface area contributed by atoms with Gasteiger partial charge in [0.15, 0.2) is 51.7 Å². The van der Waals surface area contributed by atoms with Crippen molar-refractivity contribution in [1.82, 2.24) is 114 Å². The first-order valence-electron chi connectivity index (χ1n) is 53.0. The van der Waals surface area contributed by atoms with E-state index in [0.29, 0.717) is 80.6 Å². The summed E-state index contributed by atoms with van der Waals surface area (Å²) in [7, 11) is 0. The van der Waals surface area contributed by atoms with Crippen molar-refractivity contribution in [2.45, 2.75) is 224 Å². The fourth-order valence-corrected chi connectivity index (χ4v) is 22.4. The number of nitrogens with one attached hydrogen (secondary N) is 7. The molecule has 12 aromatic heterocycles. The molecule has 29 nitrogen and oxygen atoms in total. The van der Waals surface area contributed by atoms with Crippen molar-refractivity contribution >= 4 is 74.5 Å². The van der Waals surface area contributed by atoms with Gasteiger partial charge in [-0.15, -0.1) is 0 Å². The lowest BCUT2D eigenvalue weighted by atomic mass is 9.88. The lowest BCUT2D eigenvalue weighted by Crippen LogP contribution is -2.26. The number of carbonyl (C=O) groups excluding carboxylic acids is 1. The van der Waals surface area contributed by atoms with E-state index in [4.69, 9.17) is 50.9 Å². The zero-order valence-corrected chi connectivity index (χ0v) is 84.1. The van der Waals surface area contributed by atoms with Gasteiger partial charge in [0.25, 0.3) is 0 Å². The molecule has 0 amide bonds. The number of hydrogen-bond donors (Lipinski definition) is 8. The summed E-state index contributed by atoms with van der Waals surface area (Å²) >= 11 is 0. The number of rotatable bonds is 26. The Kier molecular flexibility index (Phi) is 26.9. The monoisotopic (exact) mass is 2000 g/mol. The Bertz CT molecular complexity index is 7410. The molecule has 0 bridgehead atoms. The molecule has 0 saturated heterocycles. The van der Waals surface area contributed by atoms with Crippen LogP contribution in [0.2, 0.25) is 0 Å². The maximum absolute atomic E-state index is 14.0. The van der Waals surface area contributed by atoms with Crippen LogP contribution in [0, 0.1) is 46.9 Å². The van der Waals surface area contributed by atoms with Crippen molar-refractivity contribution in [3.05, 3.63) is 308 Å². The first-order chi connectivity index (χ1) is 72.9. The largest absolute Gasteiger partial charge is 0.351 e. The predicted molar refractivity (Wildman–Crippen MR) is 568 cm³/mol. The van der Waals surface area contributed by atoms with E-state index < -0.39 is 23.3 Å². The van der Waals surface area contributed by atoms with E-state index >= 15 is 0 Å². The molecule has 33 heteroatoms. The number of Topliss-reactive ketones (excluding diaryl/α,β-unsaturated/α-hetero) is 1. The van der Waals surface area contributed by atoms with Gasteiger partial charge in [0.1, 0.15) is 23.3 Å². The molecular formula is C116H120F4N28O. The van der Waals surface area contributed by atoms with Crippen LogP contribution in [-0.2, 0) is 25.7 Å². The van der Waals surface area contributed by atoms with E-state index in [1.165, 1.54) is 186 Å². The highest BCUT2D eigenvalue weighted by molar-refractivity contribution is 6.00. The number of pyridine rings is 4. The highest BCUT2D eigenvalue weighted by Gasteiger charge is 2.37. The van der Waals surface area contributed by atoms with Crippen molar-refractivity contribution in [2.75, 3.05) is 47.4 Å². The van der Waals surface area contributed by atoms with Crippen LogP contribution in [0.25, 0.3) is 90.4 Å². The molecule has 16 aromatic rings. The van der Waals surface area contributed by atoms with Crippen LogP contribution in [0.15, 0.2) is 218 Å². The third-order valence-electron chi connectivity index (χ3n) is 31.5. The Balaban J connectivity index is 0.000000104. The number of hydrogen-bond acceptors (Lipinski definition) is 25. The van der Waals surface area contributed by atoms with Gasteiger partial charge in [-0.05, 0) is 323 Å². The summed E-state index contributed by atoms with van der Waals surface area (Å²) in [6.07, 6.45) is 45.0. The topological polar surface area (TPSA) is 351 Å². The molecule has 1 unspecified atom stereocenters. The zero-order valence-electron chi connectivity index (χ0n) is 84.1. The van der Waals surface area contributed by atoms with Crippen molar-refractivity contribution in [3.63, 3.8) is 0 Å². The summed E-state index contributed by atoms with van der Waals surface area (Å²) in [5.41, 5.74) is 36.6. The summed E-state index contributed by atoms with van der Waals surface area (Å²) in [5, 5.41) is 43.9. The van der Waals surface area contributed by atoms with E-state index in [-0.39, 0.29) is 48.1 Å². The molecule has 12 aliphatic rings. The zero-order chi connectivity index (χ0) is 101. The summed E-state index contributed by atoms with van der Waals surface area (Å²) in [4.78, 5) is 66.3.